The van der Waals surface area contributed by atoms with Gasteiger partial charge in [0.05, 0.1) is 0 Å². The van der Waals surface area contributed by atoms with Crippen molar-refractivity contribution in [3.05, 3.63) is 70.3 Å². The summed E-state index contributed by atoms with van der Waals surface area (Å²) >= 11 is 1.27. The molecule has 0 radical (unpaired) electrons. The number of aromatic nitrogens is 2. The van der Waals surface area contributed by atoms with Gasteiger partial charge in [0.25, 0.3) is 5.91 Å². The van der Waals surface area contributed by atoms with Crippen molar-refractivity contribution >= 4 is 28.5 Å². The van der Waals surface area contributed by atoms with Crippen molar-refractivity contribution < 1.29 is 9.18 Å². The molecule has 0 aliphatic heterocycles. The average Bonchev–Trinajstić information content (AvgIpc) is 3.20. The largest absolute Gasteiger partial charge is 0.318 e. The number of hydrogen-bond donors (Lipinski definition) is 1. The van der Waals surface area contributed by atoms with E-state index in [1.54, 1.807) is 23.7 Å². The predicted molar refractivity (Wildman–Crippen MR) is 99.5 cm³/mol. The van der Waals surface area contributed by atoms with Crippen LogP contribution in [0.3, 0.4) is 0 Å². The van der Waals surface area contributed by atoms with Crippen molar-refractivity contribution in [2.24, 2.45) is 0 Å². The first-order chi connectivity index (χ1) is 12.5. The van der Waals surface area contributed by atoms with Gasteiger partial charge in [-0.05, 0) is 49.8 Å². The summed E-state index contributed by atoms with van der Waals surface area (Å²) in [7, 11) is 0. The van der Waals surface area contributed by atoms with Crippen LogP contribution in [0.4, 0.5) is 9.52 Å². The molecular formula is C19H15FN4OS. The molecule has 7 heteroatoms. The molecule has 5 nitrogen and oxygen atoms in total. The minimum absolute atomic E-state index is 0.0281. The van der Waals surface area contributed by atoms with E-state index in [9.17, 15) is 14.4 Å². The number of thiazole rings is 1. The van der Waals surface area contributed by atoms with Gasteiger partial charge in [-0.15, -0.1) is 11.3 Å². The molecule has 0 aliphatic rings. The van der Waals surface area contributed by atoms with Crippen LogP contribution in [0.25, 0.3) is 11.8 Å². The van der Waals surface area contributed by atoms with Gasteiger partial charge in [-0.2, -0.15) is 5.26 Å². The summed E-state index contributed by atoms with van der Waals surface area (Å²) < 4.78 is 15.4. The summed E-state index contributed by atoms with van der Waals surface area (Å²) in [5.41, 5.74) is 3.06. The zero-order valence-corrected chi connectivity index (χ0v) is 15.0. The zero-order chi connectivity index (χ0) is 18.7. The van der Waals surface area contributed by atoms with Gasteiger partial charge in [-0.25, -0.2) is 9.37 Å². The Bertz CT molecular complexity index is 1030. The fourth-order valence-corrected chi connectivity index (χ4v) is 3.22. The molecule has 2 aromatic heterocycles. The molecule has 26 heavy (non-hydrogen) atoms. The Hall–Kier alpha value is -3.24. The Balaban J connectivity index is 1.96. The summed E-state index contributed by atoms with van der Waals surface area (Å²) in [6.07, 6.45) is 3.10. The van der Waals surface area contributed by atoms with E-state index < -0.39 is 5.91 Å². The summed E-state index contributed by atoms with van der Waals surface area (Å²) in [5.74, 6) is -0.842. The quantitative estimate of drug-likeness (QED) is 0.555. The van der Waals surface area contributed by atoms with Gasteiger partial charge in [-0.1, -0.05) is 6.07 Å². The first-order valence-corrected chi connectivity index (χ1v) is 8.65. The Morgan fingerprint density at radius 2 is 2.19 bits per heavy atom. The highest BCUT2D eigenvalue weighted by atomic mass is 32.1. The number of nitrogens with one attached hydrogen (secondary N) is 1. The van der Waals surface area contributed by atoms with Gasteiger partial charge >= 0.3 is 0 Å². The summed E-state index contributed by atoms with van der Waals surface area (Å²) in [6, 6.07) is 10.0. The van der Waals surface area contributed by atoms with Crippen LogP contribution in [-0.2, 0) is 4.79 Å². The molecule has 0 atom stereocenters. The third kappa shape index (κ3) is 3.55. The van der Waals surface area contributed by atoms with Crippen LogP contribution in [0.15, 0.2) is 47.5 Å². The van der Waals surface area contributed by atoms with Crippen LogP contribution in [-0.4, -0.2) is 15.5 Å². The zero-order valence-electron chi connectivity index (χ0n) is 14.2. The van der Waals surface area contributed by atoms with Gasteiger partial charge in [0.2, 0.25) is 0 Å². The molecule has 130 valence electrons. The standard InChI is InChI=1S/C19H15FN4OS/c1-12-8-14(13(2)24(12)17-5-3-4-16(20)10-17)9-15(11-21)18(25)23-19-22-6-7-26-19/h3-10H,1-2H3,(H,22,23,25)/b15-9-. The van der Waals surface area contributed by atoms with E-state index in [2.05, 4.69) is 10.3 Å². The normalized spacial score (nSPS) is 11.2. The topological polar surface area (TPSA) is 70.7 Å². The third-order valence-corrected chi connectivity index (χ3v) is 4.54. The minimum Gasteiger partial charge on any atom is -0.318 e. The first-order valence-electron chi connectivity index (χ1n) is 7.77. The average molecular weight is 366 g/mol. The van der Waals surface area contributed by atoms with E-state index in [-0.39, 0.29) is 11.4 Å². The minimum atomic E-state index is -0.516. The highest BCUT2D eigenvalue weighted by Gasteiger charge is 2.14. The number of carbonyl (C=O) groups excluding carboxylic acids is 1. The van der Waals surface area contributed by atoms with Gasteiger partial charge in [-0.3, -0.25) is 10.1 Å². The molecule has 0 bridgehead atoms. The molecule has 1 aromatic carbocycles. The number of halogens is 1. The molecule has 0 saturated carbocycles. The maximum absolute atomic E-state index is 13.5. The van der Waals surface area contributed by atoms with Crippen LogP contribution < -0.4 is 5.32 Å². The number of nitrogens with zero attached hydrogens (tertiary/aromatic N) is 3. The smallest absolute Gasteiger partial charge is 0.268 e. The predicted octanol–water partition coefficient (Wildman–Crippen LogP) is 4.24. The highest BCUT2D eigenvalue weighted by Crippen LogP contribution is 2.23. The molecule has 0 aliphatic carbocycles. The van der Waals surface area contributed by atoms with Gasteiger partial charge in [0.15, 0.2) is 5.13 Å². The van der Waals surface area contributed by atoms with E-state index in [0.29, 0.717) is 10.8 Å². The molecule has 2 heterocycles. The molecule has 1 N–H and O–H groups in total. The van der Waals surface area contributed by atoms with Crippen LogP contribution in [0.1, 0.15) is 17.0 Å². The molecule has 0 fully saturated rings. The second-order valence-electron chi connectivity index (χ2n) is 5.60. The lowest BCUT2D eigenvalue weighted by molar-refractivity contribution is -0.112. The molecule has 0 saturated heterocycles. The maximum Gasteiger partial charge on any atom is 0.268 e. The fraction of sp³-hybridized carbons (Fsp3) is 0.105. The summed E-state index contributed by atoms with van der Waals surface area (Å²) in [6.45, 7) is 3.74. The van der Waals surface area contributed by atoms with E-state index in [1.807, 2.05) is 30.6 Å². The number of amides is 1. The number of hydrogen-bond acceptors (Lipinski definition) is 4. The van der Waals surface area contributed by atoms with E-state index in [0.717, 1.165) is 17.0 Å². The third-order valence-electron chi connectivity index (χ3n) is 3.85. The maximum atomic E-state index is 13.5. The monoisotopic (exact) mass is 366 g/mol. The number of aryl methyl sites for hydroxylation is 1. The van der Waals surface area contributed by atoms with Crippen LogP contribution >= 0.6 is 11.3 Å². The Morgan fingerprint density at radius 1 is 1.38 bits per heavy atom. The summed E-state index contributed by atoms with van der Waals surface area (Å²) in [4.78, 5) is 16.2. The molecule has 3 rings (SSSR count). The molecule has 0 spiro atoms. The van der Waals surface area contributed by atoms with Crippen LogP contribution in [0.2, 0.25) is 0 Å². The Labute approximate surface area is 154 Å². The van der Waals surface area contributed by atoms with Crippen LogP contribution in [0, 0.1) is 31.0 Å². The van der Waals surface area contributed by atoms with Crippen molar-refractivity contribution in [3.8, 4) is 11.8 Å². The van der Waals surface area contributed by atoms with E-state index in [1.165, 1.54) is 29.5 Å². The molecule has 3 aromatic rings. The Kier molecular flexibility index (Phi) is 4.96. The van der Waals surface area contributed by atoms with Crippen molar-refractivity contribution in [1.82, 2.24) is 9.55 Å². The molecular weight excluding hydrogens is 351 g/mol. The lowest BCUT2D eigenvalue weighted by atomic mass is 10.1. The lowest BCUT2D eigenvalue weighted by Gasteiger charge is -2.09. The lowest BCUT2D eigenvalue weighted by Crippen LogP contribution is -2.13. The number of benzene rings is 1. The fourth-order valence-electron chi connectivity index (χ4n) is 2.70. The van der Waals surface area contributed by atoms with Crippen molar-refractivity contribution in [1.29, 1.82) is 5.26 Å². The van der Waals surface area contributed by atoms with Crippen molar-refractivity contribution in [2.75, 3.05) is 5.32 Å². The number of rotatable bonds is 4. The second-order valence-corrected chi connectivity index (χ2v) is 6.50. The van der Waals surface area contributed by atoms with Crippen molar-refractivity contribution in [3.63, 3.8) is 0 Å². The second kappa shape index (κ2) is 7.33. The number of carbonyl (C=O) groups is 1. The molecule has 1 amide bonds. The molecule has 0 unspecified atom stereocenters. The van der Waals surface area contributed by atoms with Gasteiger partial charge in [0.1, 0.15) is 17.5 Å². The van der Waals surface area contributed by atoms with E-state index >= 15 is 0 Å². The highest BCUT2D eigenvalue weighted by molar-refractivity contribution is 7.13. The number of nitriles is 1. The van der Waals surface area contributed by atoms with Crippen molar-refractivity contribution in [2.45, 2.75) is 13.8 Å². The van der Waals surface area contributed by atoms with E-state index in [4.69, 9.17) is 0 Å². The number of anilines is 1. The van der Waals surface area contributed by atoms with Gasteiger partial charge < -0.3 is 4.57 Å². The SMILES string of the molecule is Cc1cc(/C=C(/C#N)C(=O)Nc2nccs2)c(C)n1-c1cccc(F)c1. The van der Waals surface area contributed by atoms with Crippen LogP contribution in [0.5, 0.6) is 0 Å². The first kappa shape index (κ1) is 17.6. The van der Waals surface area contributed by atoms with Gasteiger partial charge in [0, 0.05) is 28.7 Å². The summed E-state index contributed by atoms with van der Waals surface area (Å²) in [5, 5.41) is 14.1. The Morgan fingerprint density at radius 3 is 2.85 bits per heavy atom.